The Morgan fingerprint density at radius 3 is 2.35 bits per heavy atom. The fourth-order valence-electron chi connectivity index (χ4n) is 3.39. The molecule has 134 valence electrons. The predicted octanol–water partition coefficient (Wildman–Crippen LogP) is 3.90. The van der Waals surface area contributed by atoms with Crippen molar-refractivity contribution in [1.82, 2.24) is 10.1 Å². The molecule has 2 N–H and O–H groups in total. The van der Waals surface area contributed by atoms with Crippen molar-refractivity contribution in [2.45, 2.75) is 6.54 Å². The van der Waals surface area contributed by atoms with Crippen LogP contribution in [0.15, 0.2) is 59.1 Å². The van der Waals surface area contributed by atoms with Crippen LogP contribution < -0.4 is 10.6 Å². The lowest BCUT2D eigenvalue weighted by atomic mass is 10.1. The van der Waals surface area contributed by atoms with Gasteiger partial charge in [-0.2, -0.15) is 0 Å². The summed E-state index contributed by atoms with van der Waals surface area (Å²) in [6, 6.07) is 18.1. The summed E-state index contributed by atoms with van der Waals surface area (Å²) in [5, 5.41) is 4.89. The van der Waals surface area contributed by atoms with Crippen LogP contribution in [0.3, 0.4) is 0 Å². The molecule has 0 aliphatic carbocycles. The molecule has 1 saturated heterocycles. The third-order valence-corrected chi connectivity index (χ3v) is 5.04. The smallest absolute Gasteiger partial charge is 0.230 e. The van der Waals surface area contributed by atoms with E-state index in [0.29, 0.717) is 10.9 Å². The molecular formula is C20H21ClN4O. The summed E-state index contributed by atoms with van der Waals surface area (Å²) in [5.74, 6) is 0.352. The van der Waals surface area contributed by atoms with Crippen molar-refractivity contribution in [3.05, 3.63) is 65.3 Å². The van der Waals surface area contributed by atoms with E-state index in [1.165, 1.54) is 5.69 Å². The first-order valence-electron chi connectivity index (χ1n) is 8.73. The Labute approximate surface area is 157 Å². The van der Waals surface area contributed by atoms with Crippen molar-refractivity contribution in [2.75, 3.05) is 36.8 Å². The number of para-hydroxylation sites is 1. The Balaban J connectivity index is 1.45. The first-order chi connectivity index (χ1) is 12.7. The van der Waals surface area contributed by atoms with Crippen molar-refractivity contribution in [3.8, 4) is 11.1 Å². The normalized spacial score (nSPS) is 15.3. The standard InChI is InChI=1S/C20H21ClN4O/c21-16-8-6-15(7-9-16)19-18(23-26-20(19)22)14-24-10-12-25(13-11-24)17-4-2-1-3-5-17/h1-9H,10-14,22H2. The second-order valence-corrected chi connectivity index (χ2v) is 6.91. The Morgan fingerprint density at radius 2 is 1.65 bits per heavy atom. The highest BCUT2D eigenvalue weighted by molar-refractivity contribution is 6.30. The van der Waals surface area contributed by atoms with E-state index < -0.39 is 0 Å². The van der Waals surface area contributed by atoms with Crippen LogP contribution in [-0.2, 0) is 6.54 Å². The molecule has 2 aromatic carbocycles. The molecule has 0 bridgehead atoms. The minimum absolute atomic E-state index is 0.352. The summed E-state index contributed by atoms with van der Waals surface area (Å²) >= 11 is 5.99. The molecule has 0 amide bonds. The molecule has 26 heavy (non-hydrogen) atoms. The summed E-state index contributed by atoms with van der Waals surface area (Å²) < 4.78 is 5.27. The first-order valence-corrected chi connectivity index (χ1v) is 9.11. The average Bonchev–Trinajstić information content (AvgIpc) is 3.04. The number of nitrogens with zero attached hydrogens (tertiary/aromatic N) is 3. The lowest BCUT2D eigenvalue weighted by Gasteiger charge is -2.35. The van der Waals surface area contributed by atoms with Gasteiger partial charge in [-0.25, -0.2) is 0 Å². The van der Waals surface area contributed by atoms with Crippen molar-refractivity contribution in [2.24, 2.45) is 0 Å². The van der Waals surface area contributed by atoms with Crippen LogP contribution >= 0.6 is 11.6 Å². The molecular weight excluding hydrogens is 348 g/mol. The maximum atomic E-state index is 6.03. The van der Waals surface area contributed by atoms with E-state index in [2.05, 4.69) is 39.2 Å². The molecule has 0 unspecified atom stereocenters. The topological polar surface area (TPSA) is 58.5 Å². The van der Waals surface area contributed by atoms with E-state index in [0.717, 1.165) is 49.5 Å². The second-order valence-electron chi connectivity index (χ2n) is 6.47. The molecule has 1 fully saturated rings. The highest BCUT2D eigenvalue weighted by Gasteiger charge is 2.22. The number of hydrogen-bond acceptors (Lipinski definition) is 5. The third-order valence-electron chi connectivity index (χ3n) is 4.79. The number of hydrogen-bond donors (Lipinski definition) is 1. The third kappa shape index (κ3) is 3.54. The van der Waals surface area contributed by atoms with Crippen LogP contribution in [-0.4, -0.2) is 36.2 Å². The quantitative estimate of drug-likeness (QED) is 0.756. The van der Waals surface area contributed by atoms with Crippen LogP contribution in [0.1, 0.15) is 5.69 Å². The molecule has 1 aromatic heterocycles. The number of halogens is 1. The van der Waals surface area contributed by atoms with E-state index in [-0.39, 0.29) is 0 Å². The summed E-state index contributed by atoms with van der Waals surface area (Å²) in [6.07, 6.45) is 0. The second kappa shape index (κ2) is 7.40. The fraction of sp³-hybridized carbons (Fsp3) is 0.250. The minimum atomic E-state index is 0.352. The van der Waals surface area contributed by atoms with Crippen LogP contribution in [0.4, 0.5) is 11.6 Å². The molecule has 3 aromatic rings. The van der Waals surface area contributed by atoms with Crippen LogP contribution in [0.5, 0.6) is 0 Å². The molecule has 5 nitrogen and oxygen atoms in total. The van der Waals surface area contributed by atoms with Gasteiger partial charge in [-0.1, -0.05) is 47.1 Å². The Bertz CT molecular complexity index is 855. The van der Waals surface area contributed by atoms with E-state index in [4.69, 9.17) is 21.9 Å². The van der Waals surface area contributed by atoms with Gasteiger partial charge in [0.15, 0.2) is 0 Å². The van der Waals surface area contributed by atoms with Crippen LogP contribution in [0, 0.1) is 0 Å². The van der Waals surface area contributed by atoms with E-state index >= 15 is 0 Å². The zero-order valence-corrected chi connectivity index (χ0v) is 15.2. The largest absolute Gasteiger partial charge is 0.369 e. The number of anilines is 2. The summed E-state index contributed by atoms with van der Waals surface area (Å²) in [4.78, 5) is 4.80. The molecule has 1 aliphatic heterocycles. The molecule has 0 saturated carbocycles. The molecule has 0 radical (unpaired) electrons. The molecule has 6 heteroatoms. The number of rotatable bonds is 4. The summed E-state index contributed by atoms with van der Waals surface area (Å²) in [5.41, 5.74) is 10.0. The zero-order valence-electron chi connectivity index (χ0n) is 14.4. The van der Waals surface area contributed by atoms with Gasteiger partial charge < -0.3 is 15.2 Å². The highest BCUT2D eigenvalue weighted by atomic mass is 35.5. The Morgan fingerprint density at radius 1 is 0.962 bits per heavy atom. The molecule has 4 rings (SSSR count). The maximum absolute atomic E-state index is 6.03. The van der Waals surface area contributed by atoms with Gasteiger partial charge in [-0.05, 0) is 29.8 Å². The van der Waals surface area contributed by atoms with E-state index in [1.54, 1.807) is 0 Å². The average molecular weight is 369 g/mol. The van der Waals surface area contributed by atoms with Crippen molar-refractivity contribution in [1.29, 1.82) is 0 Å². The van der Waals surface area contributed by atoms with Gasteiger partial charge >= 0.3 is 0 Å². The lowest BCUT2D eigenvalue weighted by molar-refractivity contribution is 0.242. The van der Waals surface area contributed by atoms with E-state index in [9.17, 15) is 0 Å². The zero-order chi connectivity index (χ0) is 17.9. The monoisotopic (exact) mass is 368 g/mol. The SMILES string of the molecule is Nc1onc(CN2CCN(c3ccccc3)CC2)c1-c1ccc(Cl)cc1. The number of nitrogens with two attached hydrogens (primary N) is 1. The Hall–Kier alpha value is -2.50. The van der Waals surface area contributed by atoms with Gasteiger partial charge in [-0.15, -0.1) is 0 Å². The fourth-order valence-corrected chi connectivity index (χ4v) is 3.51. The molecule has 1 aliphatic rings. The number of nitrogen functional groups attached to an aromatic ring is 1. The van der Waals surface area contributed by atoms with Gasteiger partial charge in [0.2, 0.25) is 5.88 Å². The predicted molar refractivity (Wildman–Crippen MR) is 105 cm³/mol. The van der Waals surface area contributed by atoms with E-state index in [1.807, 2.05) is 30.3 Å². The van der Waals surface area contributed by atoms with Crippen LogP contribution in [0.2, 0.25) is 5.02 Å². The van der Waals surface area contributed by atoms with Gasteiger partial charge in [0.25, 0.3) is 0 Å². The molecule has 2 heterocycles. The first kappa shape index (κ1) is 16.9. The number of piperazine rings is 1. The van der Waals surface area contributed by atoms with Gasteiger partial charge in [0.05, 0.1) is 5.56 Å². The Kier molecular flexibility index (Phi) is 4.82. The van der Waals surface area contributed by atoms with Gasteiger partial charge in [0, 0.05) is 43.4 Å². The van der Waals surface area contributed by atoms with Gasteiger partial charge in [-0.3, -0.25) is 4.90 Å². The van der Waals surface area contributed by atoms with Gasteiger partial charge in [0.1, 0.15) is 5.69 Å². The lowest BCUT2D eigenvalue weighted by Crippen LogP contribution is -2.46. The maximum Gasteiger partial charge on any atom is 0.230 e. The number of aromatic nitrogens is 1. The van der Waals surface area contributed by atoms with Crippen molar-refractivity contribution in [3.63, 3.8) is 0 Å². The summed E-state index contributed by atoms with van der Waals surface area (Å²) in [7, 11) is 0. The summed E-state index contributed by atoms with van der Waals surface area (Å²) in [6.45, 7) is 4.66. The highest BCUT2D eigenvalue weighted by Crippen LogP contribution is 2.31. The molecule has 0 atom stereocenters. The molecule has 0 spiro atoms. The van der Waals surface area contributed by atoms with Crippen molar-refractivity contribution < 1.29 is 4.52 Å². The van der Waals surface area contributed by atoms with Crippen LogP contribution in [0.25, 0.3) is 11.1 Å². The van der Waals surface area contributed by atoms with Crippen molar-refractivity contribution >= 4 is 23.2 Å². The number of benzene rings is 2. The minimum Gasteiger partial charge on any atom is -0.369 e.